The molecule has 16 amide bonds. The van der Waals surface area contributed by atoms with E-state index < -0.39 is 119 Å². The average molecular weight is 1140 g/mol. The number of urea groups is 4. The van der Waals surface area contributed by atoms with E-state index in [1.165, 1.54) is 72.8 Å². The fraction of sp³-hybridized carbons (Fsp3) is 0.346. The molecule has 2 aromatic carbocycles. The molecule has 4 aromatic rings. The fourth-order valence-corrected chi connectivity index (χ4v) is 7.66. The van der Waals surface area contributed by atoms with Crippen molar-refractivity contribution in [2.24, 2.45) is 23.7 Å². The summed E-state index contributed by atoms with van der Waals surface area (Å²) in [6, 6.07) is 7.99. The van der Waals surface area contributed by atoms with Gasteiger partial charge in [-0.05, 0) is 109 Å². The van der Waals surface area contributed by atoms with Crippen LogP contribution >= 0.6 is 0 Å². The van der Waals surface area contributed by atoms with Crippen LogP contribution in [0.15, 0.2) is 72.8 Å². The van der Waals surface area contributed by atoms with Gasteiger partial charge in [0.15, 0.2) is 0 Å². The van der Waals surface area contributed by atoms with E-state index in [2.05, 4.69) is 95.9 Å². The number of carbonyl (C=O) groups is 12. The molecule has 16 N–H and O–H groups in total. The summed E-state index contributed by atoms with van der Waals surface area (Å²) in [6.45, 7) is 16.3. The lowest BCUT2D eigenvalue weighted by atomic mass is 10.0. The smallest absolute Gasteiger partial charge is 0.337 e. The van der Waals surface area contributed by atoms with Gasteiger partial charge in [-0.3, -0.25) is 60.1 Å². The van der Waals surface area contributed by atoms with Gasteiger partial charge in [-0.15, -0.1) is 0 Å². The molecule has 0 saturated heterocycles. The van der Waals surface area contributed by atoms with Crippen molar-refractivity contribution in [3.63, 3.8) is 0 Å². The summed E-state index contributed by atoms with van der Waals surface area (Å²) in [5.74, 6) is -9.03. The summed E-state index contributed by atoms with van der Waals surface area (Å²) in [4.78, 5) is 168. The zero-order valence-corrected chi connectivity index (χ0v) is 46.3. The first-order valence-corrected chi connectivity index (χ1v) is 25.6. The number of benzene rings is 2. The van der Waals surface area contributed by atoms with Crippen molar-refractivity contribution in [2.75, 3.05) is 21.3 Å². The molecule has 0 unspecified atom stereocenters. The van der Waals surface area contributed by atoms with Crippen LogP contribution in [0, 0.1) is 37.5 Å². The van der Waals surface area contributed by atoms with Gasteiger partial charge in [-0.2, -0.15) is 0 Å². The second kappa shape index (κ2) is 28.5. The van der Waals surface area contributed by atoms with Crippen LogP contribution in [0.5, 0.6) is 0 Å². The van der Waals surface area contributed by atoms with Gasteiger partial charge in [0.25, 0.3) is 47.3 Å². The number of nitrogens with zero attached hydrogens (tertiary/aromatic N) is 2. The molecule has 1 aliphatic heterocycles. The van der Waals surface area contributed by atoms with Crippen LogP contribution in [0.1, 0.15) is 108 Å². The number of hydrazine groups is 4. The van der Waals surface area contributed by atoms with Crippen molar-refractivity contribution < 1.29 is 57.5 Å². The maximum Gasteiger partial charge on any atom is 0.337 e. The molecule has 8 bridgehead atoms. The number of hydrogen-bond acceptors (Lipinski definition) is 14. The number of nitrogens with one attached hydrogen (secondary N) is 16. The number of amides is 16. The van der Waals surface area contributed by atoms with Gasteiger partial charge in [-0.25, -0.2) is 50.8 Å². The van der Waals surface area contributed by atoms with E-state index in [-0.39, 0.29) is 45.5 Å². The normalized spacial score (nSPS) is 19.2. The van der Waals surface area contributed by atoms with Gasteiger partial charge in [-0.1, -0.05) is 67.5 Å². The molecule has 0 radical (unpaired) electrons. The van der Waals surface area contributed by atoms with Crippen LogP contribution in [0.2, 0.25) is 0 Å². The number of aromatic nitrogens is 2. The van der Waals surface area contributed by atoms with Crippen molar-refractivity contribution in [1.29, 1.82) is 0 Å². The first-order chi connectivity index (χ1) is 38.7. The topological polar surface area (TPSA) is 423 Å². The summed E-state index contributed by atoms with van der Waals surface area (Å²) in [7, 11) is 0. The Labute approximate surface area is 470 Å². The molecule has 436 valence electrons. The number of carbonyl (C=O) groups excluding carboxylic acids is 12. The highest BCUT2D eigenvalue weighted by molar-refractivity contribution is 6.03. The molecule has 0 saturated carbocycles. The second-order valence-electron chi connectivity index (χ2n) is 20.0. The monoisotopic (exact) mass is 1130 g/mol. The van der Waals surface area contributed by atoms with E-state index in [4.69, 9.17) is 0 Å². The van der Waals surface area contributed by atoms with Crippen LogP contribution in [0.25, 0.3) is 0 Å². The molecule has 82 heavy (non-hydrogen) atoms. The number of hydrogen-bond donors (Lipinski definition) is 16. The summed E-state index contributed by atoms with van der Waals surface area (Å²) < 4.78 is 0. The molecular weight excluding hydrogens is 1070 g/mol. The number of rotatable bonds is 4. The van der Waals surface area contributed by atoms with E-state index in [9.17, 15) is 57.5 Å². The maximum atomic E-state index is 13.5. The first kappa shape index (κ1) is 62.4. The molecule has 5 rings (SSSR count). The molecule has 3 heterocycles. The zero-order chi connectivity index (χ0) is 60.5. The van der Waals surface area contributed by atoms with Gasteiger partial charge in [0.05, 0.1) is 0 Å². The van der Waals surface area contributed by atoms with E-state index in [0.29, 0.717) is 11.1 Å². The van der Waals surface area contributed by atoms with Crippen molar-refractivity contribution in [1.82, 2.24) is 74.6 Å². The standard InChI is InChI=1S/C52H66N18O12/c1-23(2)37-45(75)63-67-49(79)53-29-17-27(9)18-30(21-29)54-50(80)68-65-47(77)39(25(5)6)61-43(73)35-15-12-16-36(58-35)44(74)62-40(26(7)8)48(78)66-70-52(82)56-32-20-28(10)19-31(22-32)55-51(81)69-64-46(76)38(24(3)4)60-42(72)34-14-11-13-33(57-34)41(71)59-37/h11-26,37-40H,1-10H3,(H,59,71)(H,60,72)(H,61,73)(H,62,74)(H,63,75)(H,64,76)(H,65,77)(H,66,78)(H2,53,67,79)(H2,54,68,80)(H2,55,69,81)(H2,56,70,82)/t37-,38-,39-,40-/m0/s1. The Morgan fingerprint density at radius 3 is 0.720 bits per heavy atom. The third-order valence-corrected chi connectivity index (χ3v) is 11.8. The molecule has 0 aliphatic carbocycles. The number of pyridine rings is 2. The minimum Gasteiger partial charge on any atom is -0.339 e. The van der Waals surface area contributed by atoms with E-state index in [0.717, 1.165) is 0 Å². The molecule has 1 aliphatic rings. The minimum atomic E-state index is -1.25. The molecule has 0 fully saturated rings. The number of fused-ring (bicyclic) bond motifs is 8. The molecule has 4 atom stereocenters. The van der Waals surface area contributed by atoms with Crippen LogP contribution in [0.4, 0.5) is 41.9 Å². The van der Waals surface area contributed by atoms with Crippen LogP contribution in [-0.2, 0) is 19.2 Å². The van der Waals surface area contributed by atoms with Crippen LogP contribution in [-0.4, -0.2) is 106 Å². The highest BCUT2D eigenvalue weighted by Gasteiger charge is 2.31. The lowest BCUT2D eigenvalue weighted by molar-refractivity contribution is -0.125. The van der Waals surface area contributed by atoms with Gasteiger partial charge in [0.1, 0.15) is 46.9 Å². The molecular formula is C52H66N18O12. The number of aryl methyl sites for hydroxylation is 2. The summed E-state index contributed by atoms with van der Waals surface area (Å²) in [5.41, 5.74) is 18.3. The Morgan fingerprint density at radius 2 is 0.524 bits per heavy atom. The zero-order valence-electron chi connectivity index (χ0n) is 46.3. The van der Waals surface area contributed by atoms with Crippen molar-refractivity contribution in [2.45, 2.75) is 93.4 Å². The highest BCUT2D eigenvalue weighted by Crippen LogP contribution is 2.20. The Balaban J connectivity index is 1.36. The van der Waals surface area contributed by atoms with Crippen molar-refractivity contribution in [3.8, 4) is 0 Å². The van der Waals surface area contributed by atoms with E-state index >= 15 is 0 Å². The Morgan fingerprint density at radius 1 is 0.317 bits per heavy atom. The molecule has 30 heteroatoms. The van der Waals surface area contributed by atoms with E-state index in [1.807, 2.05) is 0 Å². The second-order valence-corrected chi connectivity index (χ2v) is 20.0. The predicted molar refractivity (Wildman–Crippen MR) is 296 cm³/mol. The fourth-order valence-electron chi connectivity index (χ4n) is 7.66. The van der Waals surface area contributed by atoms with Crippen molar-refractivity contribution in [3.05, 3.63) is 107 Å². The minimum absolute atomic E-state index is 0.151. The summed E-state index contributed by atoms with van der Waals surface area (Å²) >= 11 is 0. The Bertz CT molecular complexity index is 2740. The summed E-state index contributed by atoms with van der Waals surface area (Å²) in [5, 5.41) is 20.2. The predicted octanol–water partition coefficient (Wildman–Crippen LogP) is 1.84. The van der Waals surface area contributed by atoms with Gasteiger partial charge < -0.3 is 42.5 Å². The van der Waals surface area contributed by atoms with E-state index in [1.54, 1.807) is 69.2 Å². The highest BCUT2D eigenvalue weighted by atomic mass is 16.2. The van der Waals surface area contributed by atoms with Gasteiger partial charge in [0, 0.05) is 22.7 Å². The SMILES string of the molecule is Cc1cc2cc(c1)NC(=O)NNC(=O)[C@H](C(C)C)NC(=O)c1cccc(n1)C(=O)N[C@@H](C(C)C)C(=O)NNC(=O)Nc1cc(C)cc(c1)NC(=O)NNC(=O)[C@H](C(C)C)NC(=O)c1cccc(n1)C(=O)N[C@@H](C(C)C)C(=O)NNC(=O)N2. The first-order valence-electron chi connectivity index (χ1n) is 25.6. The third kappa shape index (κ3) is 18.3. The molecule has 2 aromatic heterocycles. The molecule has 30 nitrogen and oxygen atoms in total. The van der Waals surface area contributed by atoms with Crippen LogP contribution < -0.4 is 85.9 Å². The van der Waals surface area contributed by atoms with Crippen molar-refractivity contribution >= 4 is 94.1 Å². The lowest BCUT2D eigenvalue weighted by Gasteiger charge is -2.23. The van der Waals surface area contributed by atoms with Gasteiger partial charge >= 0.3 is 24.1 Å². The molecule has 0 spiro atoms. The maximum absolute atomic E-state index is 13.5. The Hall–Kier alpha value is -10.4. The van der Waals surface area contributed by atoms with Crippen LogP contribution in [0.3, 0.4) is 0 Å². The third-order valence-electron chi connectivity index (χ3n) is 11.8. The number of anilines is 4. The lowest BCUT2D eigenvalue weighted by Crippen LogP contribution is -2.55. The Kier molecular flexibility index (Phi) is 21.7. The quantitative estimate of drug-likeness (QED) is 0.139. The summed E-state index contributed by atoms with van der Waals surface area (Å²) in [6.07, 6.45) is 0. The largest absolute Gasteiger partial charge is 0.339 e. The van der Waals surface area contributed by atoms with Gasteiger partial charge in [0.2, 0.25) is 0 Å². The average Bonchev–Trinajstić information content (AvgIpc) is 3.52.